The standard InChI is InChI=1S/C22H27NO4/c1-4-26-20-13-11-18(12-14-20)15-21(24)23(17(3)22(25)27-5-2)16-19-9-7-6-8-10-19/h6-14,17H,4-5,15-16H2,1-3H3. The number of ether oxygens (including phenoxy) is 2. The molecule has 0 spiro atoms. The molecule has 0 aliphatic carbocycles. The highest BCUT2D eigenvalue weighted by molar-refractivity contribution is 5.85. The molecular formula is C22H27NO4. The zero-order valence-corrected chi connectivity index (χ0v) is 16.2. The highest BCUT2D eigenvalue weighted by atomic mass is 16.5. The number of rotatable bonds is 9. The molecule has 2 aromatic carbocycles. The Balaban J connectivity index is 2.15. The van der Waals surface area contributed by atoms with Crippen molar-refractivity contribution in [3.8, 4) is 5.75 Å². The molecule has 0 fully saturated rings. The van der Waals surface area contributed by atoms with Gasteiger partial charge in [0.25, 0.3) is 0 Å². The molecule has 0 saturated carbocycles. The fraction of sp³-hybridized carbons (Fsp3) is 0.364. The van der Waals surface area contributed by atoms with Crippen LogP contribution < -0.4 is 4.74 Å². The van der Waals surface area contributed by atoms with E-state index in [4.69, 9.17) is 9.47 Å². The Morgan fingerprint density at radius 3 is 2.19 bits per heavy atom. The van der Waals surface area contributed by atoms with Gasteiger partial charge in [-0.2, -0.15) is 0 Å². The molecule has 0 N–H and O–H groups in total. The molecule has 2 aromatic rings. The Morgan fingerprint density at radius 1 is 0.926 bits per heavy atom. The van der Waals surface area contributed by atoms with Gasteiger partial charge in [0, 0.05) is 6.54 Å². The maximum Gasteiger partial charge on any atom is 0.328 e. The predicted molar refractivity (Wildman–Crippen MR) is 104 cm³/mol. The summed E-state index contributed by atoms with van der Waals surface area (Å²) in [7, 11) is 0. The van der Waals surface area contributed by atoms with E-state index in [2.05, 4.69) is 0 Å². The molecule has 5 heteroatoms. The van der Waals surface area contributed by atoms with Gasteiger partial charge in [-0.3, -0.25) is 4.79 Å². The lowest BCUT2D eigenvalue weighted by atomic mass is 10.1. The van der Waals surface area contributed by atoms with E-state index in [9.17, 15) is 9.59 Å². The maximum absolute atomic E-state index is 13.0. The number of hydrogen-bond donors (Lipinski definition) is 0. The molecular weight excluding hydrogens is 342 g/mol. The second kappa shape index (κ2) is 10.4. The van der Waals surface area contributed by atoms with Crippen LogP contribution in [0.5, 0.6) is 5.75 Å². The lowest BCUT2D eigenvalue weighted by Gasteiger charge is -2.28. The minimum atomic E-state index is -0.652. The van der Waals surface area contributed by atoms with Crippen molar-refractivity contribution in [2.75, 3.05) is 13.2 Å². The number of carbonyl (C=O) groups excluding carboxylic acids is 2. The van der Waals surface area contributed by atoms with Crippen LogP contribution in [0.15, 0.2) is 54.6 Å². The molecule has 0 bridgehead atoms. The van der Waals surface area contributed by atoms with Crippen LogP contribution in [-0.4, -0.2) is 36.0 Å². The normalized spacial score (nSPS) is 11.5. The monoisotopic (exact) mass is 369 g/mol. The summed E-state index contributed by atoms with van der Waals surface area (Å²) in [5.74, 6) is 0.256. The molecule has 0 aliphatic heterocycles. The fourth-order valence-corrected chi connectivity index (χ4v) is 2.76. The summed E-state index contributed by atoms with van der Waals surface area (Å²) in [6, 6.07) is 16.4. The zero-order chi connectivity index (χ0) is 19.6. The summed E-state index contributed by atoms with van der Waals surface area (Å²) in [5.41, 5.74) is 1.84. The van der Waals surface area contributed by atoms with Crippen LogP contribution >= 0.6 is 0 Å². The Kier molecular flexibility index (Phi) is 7.86. The third-order valence-electron chi connectivity index (χ3n) is 4.20. The first-order valence-corrected chi connectivity index (χ1v) is 9.26. The Labute approximate surface area is 160 Å². The van der Waals surface area contributed by atoms with Gasteiger partial charge in [-0.15, -0.1) is 0 Å². The first kappa shape index (κ1) is 20.5. The van der Waals surface area contributed by atoms with Gasteiger partial charge in [0.15, 0.2) is 0 Å². The number of amides is 1. The molecule has 0 saturated heterocycles. The predicted octanol–water partition coefficient (Wildman–Crippen LogP) is 3.61. The second-order valence-electron chi connectivity index (χ2n) is 6.19. The maximum atomic E-state index is 13.0. The molecule has 1 unspecified atom stereocenters. The van der Waals surface area contributed by atoms with Gasteiger partial charge in [0.1, 0.15) is 11.8 Å². The van der Waals surface area contributed by atoms with E-state index in [1.165, 1.54) is 0 Å². The molecule has 0 heterocycles. The van der Waals surface area contributed by atoms with Gasteiger partial charge in [-0.05, 0) is 44.0 Å². The van der Waals surface area contributed by atoms with Crippen molar-refractivity contribution in [3.63, 3.8) is 0 Å². The van der Waals surface area contributed by atoms with E-state index in [-0.39, 0.29) is 18.9 Å². The Bertz CT molecular complexity index is 728. The number of esters is 1. The summed E-state index contributed by atoms with van der Waals surface area (Å²) in [6.07, 6.45) is 0.211. The van der Waals surface area contributed by atoms with Crippen LogP contribution in [0, 0.1) is 0 Å². The first-order valence-electron chi connectivity index (χ1n) is 9.26. The van der Waals surface area contributed by atoms with Crippen LogP contribution in [0.2, 0.25) is 0 Å². The summed E-state index contributed by atoms with van der Waals surface area (Å²) < 4.78 is 10.5. The zero-order valence-electron chi connectivity index (χ0n) is 16.2. The van der Waals surface area contributed by atoms with Crippen molar-refractivity contribution in [2.45, 2.75) is 39.8 Å². The van der Waals surface area contributed by atoms with Crippen molar-refractivity contribution < 1.29 is 19.1 Å². The smallest absolute Gasteiger partial charge is 0.328 e. The van der Waals surface area contributed by atoms with Crippen LogP contribution in [0.1, 0.15) is 31.9 Å². The largest absolute Gasteiger partial charge is 0.494 e. The van der Waals surface area contributed by atoms with E-state index < -0.39 is 12.0 Å². The van der Waals surface area contributed by atoms with Crippen molar-refractivity contribution in [2.24, 2.45) is 0 Å². The van der Waals surface area contributed by atoms with Gasteiger partial charge in [0.2, 0.25) is 5.91 Å². The fourth-order valence-electron chi connectivity index (χ4n) is 2.76. The molecule has 0 aromatic heterocycles. The second-order valence-corrected chi connectivity index (χ2v) is 6.19. The Hall–Kier alpha value is -2.82. The quantitative estimate of drug-likeness (QED) is 0.634. The minimum absolute atomic E-state index is 0.122. The Morgan fingerprint density at radius 2 is 1.59 bits per heavy atom. The highest BCUT2D eigenvalue weighted by Gasteiger charge is 2.27. The lowest BCUT2D eigenvalue weighted by molar-refractivity contribution is -0.154. The van der Waals surface area contributed by atoms with E-state index in [1.54, 1.807) is 18.7 Å². The summed E-state index contributed by atoms with van der Waals surface area (Å²) in [4.78, 5) is 26.8. The van der Waals surface area contributed by atoms with Crippen molar-refractivity contribution in [3.05, 3.63) is 65.7 Å². The van der Waals surface area contributed by atoms with Gasteiger partial charge in [-0.25, -0.2) is 4.79 Å². The van der Waals surface area contributed by atoms with Crippen LogP contribution in [0.4, 0.5) is 0 Å². The van der Waals surface area contributed by atoms with Crippen LogP contribution in [0.3, 0.4) is 0 Å². The van der Waals surface area contributed by atoms with E-state index in [1.807, 2.05) is 61.5 Å². The molecule has 0 aliphatic rings. The molecule has 1 amide bonds. The highest BCUT2D eigenvalue weighted by Crippen LogP contribution is 2.16. The van der Waals surface area contributed by atoms with Crippen LogP contribution in [-0.2, 0) is 27.3 Å². The topological polar surface area (TPSA) is 55.8 Å². The molecule has 27 heavy (non-hydrogen) atoms. The summed E-state index contributed by atoms with van der Waals surface area (Å²) in [5, 5.41) is 0. The number of nitrogens with zero attached hydrogens (tertiary/aromatic N) is 1. The number of carbonyl (C=O) groups is 2. The van der Waals surface area contributed by atoms with Gasteiger partial charge < -0.3 is 14.4 Å². The number of hydrogen-bond acceptors (Lipinski definition) is 4. The summed E-state index contributed by atoms with van der Waals surface area (Å²) in [6.45, 7) is 6.63. The van der Waals surface area contributed by atoms with Gasteiger partial charge in [0.05, 0.1) is 19.6 Å². The lowest BCUT2D eigenvalue weighted by Crippen LogP contribution is -2.44. The van der Waals surface area contributed by atoms with Gasteiger partial charge >= 0.3 is 5.97 Å². The van der Waals surface area contributed by atoms with Crippen molar-refractivity contribution in [1.82, 2.24) is 4.90 Å². The number of benzene rings is 2. The molecule has 1 atom stereocenters. The van der Waals surface area contributed by atoms with Crippen molar-refractivity contribution >= 4 is 11.9 Å². The molecule has 2 rings (SSSR count). The molecule has 144 valence electrons. The van der Waals surface area contributed by atoms with Crippen molar-refractivity contribution in [1.29, 1.82) is 0 Å². The van der Waals surface area contributed by atoms with E-state index in [0.29, 0.717) is 13.2 Å². The third-order valence-corrected chi connectivity index (χ3v) is 4.20. The average molecular weight is 369 g/mol. The SMILES string of the molecule is CCOC(=O)C(C)N(Cc1ccccc1)C(=O)Cc1ccc(OCC)cc1. The van der Waals surface area contributed by atoms with Gasteiger partial charge in [-0.1, -0.05) is 42.5 Å². The van der Waals surface area contributed by atoms with Crippen LogP contribution in [0.25, 0.3) is 0 Å². The molecule has 5 nitrogen and oxygen atoms in total. The summed E-state index contributed by atoms with van der Waals surface area (Å²) >= 11 is 0. The average Bonchev–Trinajstić information content (AvgIpc) is 2.68. The molecule has 0 radical (unpaired) electrons. The first-order chi connectivity index (χ1) is 13.0. The third kappa shape index (κ3) is 6.13. The van der Waals surface area contributed by atoms with E-state index in [0.717, 1.165) is 16.9 Å². The minimum Gasteiger partial charge on any atom is -0.494 e. The van der Waals surface area contributed by atoms with E-state index >= 15 is 0 Å².